The molecule has 3 aromatic rings. The van der Waals surface area contributed by atoms with E-state index in [0.717, 1.165) is 47.8 Å². The highest BCUT2D eigenvalue weighted by Gasteiger charge is 2.31. The third-order valence-corrected chi connectivity index (χ3v) is 9.25. The fraction of sp³-hybridized carbons (Fsp3) is 0.429. The molecule has 5 rings (SSSR count). The maximum atomic E-state index is 13.7. The Bertz CT molecular complexity index is 1470. The lowest BCUT2D eigenvalue weighted by atomic mass is 9.96. The van der Waals surface area contributed by atoms with Crippen LogP contribution in [0.4, 0.5) is 5.69 Å². The quantitative estimate of drug-likeness (QED) is 0.186. The minimum absolute atomic E-state index is 0.0326. The first kappa shape index (κ1) is 27.0. The van der Waals surface area contributed by atoms with Crippen molar-refractivity contribution in [2.45, 2.75) is 43.5 Å². The molecule has 3 atom stereocenters. The van der Waals surface area contributed by atoms with Crippen LogP contribution in [0.25, 0.3) is 10.9 Å². The second-order valence-corrected chi connectivity index (χ2v) is 12.5. The molecule has 2 unspecified atom stereocenters. The molecule has 1 amide bonds. The van der Waals surface area contributed by atoms with Gasteiger partial charge in [-0.15, -0.1) is 0 Å². The average molecular weight is 552 g/mol. The molecule has 2 aliphatic heterocycles. The van der Waals surface area contributed by atoms with Crippen LogP contribution in [-0.4, -0.2) is 62.4 Å². The second-order valence-electron chi connectivity index (χ2n) is 10.8. The number of aromatic amines is 1. The molecule has 11 heteroatoms. The van der Waals surface area contributed by atoms with Gasteiger partial charge in [0, 0.05) is 43.3 Å². The fourth-order valence-corrected chi connectivity index (χ4v) is 7.09. The van der Waals surface area contributed by atoms with E-state index in [1.54, 1.807) is 17.0 Å². The number of benzene rings is 2. The number of H-pyrrole nitrogens is 1. The second kappa shape index (κ2) is 11.3. The van der Waals surface area contributed by atoms with Gasteiger partial charge in [-0.05, 0) is 60.8 Å². The molecule has 1 saturated heterocycles. The Morgan fingerprint density at radius 2 is 2.05 bits per heavy atom. The summed E-state index contributed by atoms with van der Waals surface area (Å²) >= 11 is 0. The predicted molar refractivity (Wildman–Crippen MR) is 153 cm³/mol. The zero-order valence-electron chi connectivity index (χ0n) is 22.2. The number of anilines is 1. The molecule has 3 heterocycles. The summed E-state index contributed by atoms with van der Waals surface area (Å²) < 4.78 is 30.2. The third kappa shape index (κ3) is 6.04. The van der Waals surface area contributed by atoms with Crippen molar-refractivity contribution in [3.05, 3.63) is 59.8 Å². The molecule has 0 spiro atoms. The minimum Gasteiger partial charge on any atom is -0.383 e. The first-order chi connectivity index (χ1) is 18.7. The summed E-state index contributed by atoms with van der Waals surface area (Å²) in [5, 5.41) is 14.9. The first-order valence-corrected chi connectivity index (χ1v) is 15.0. The van der Waals surface area contributed by atoms with Crippen molar-refractivity contribution >= 4 is 38.5 Å². The Hall–Kier alpha value is -3.57. The maximum absolute atomic E-state index is 13.7. The summed E-state index contributed by atoms with van der Waals surface area (Å²) in [6, 6.07) is 12.0. The Morgan fingerprint density at radius 1 is 1.23 bits per heavy atom. The zero-order chi connectivity index (χ0) is 27.6. The highest BCUT2D eigenvalue weighted by atomic mass is 32.2. The molecule has 0 radical (unpaired) electrons. The number of nitrogens with one attached hydrogen (secondary N) is 5. The van der Waals surface area contributed by atoms with Crippen molar-refractivity contribution in [2.24, 2.45) is 17.6 Å². The predicted octanol–water partition coefficient (Wildman–Crippen LogP) is 2.38. The van der Waals surface area contributed by atoms with Crippen LogP contribution in [0.3, 0.4) is 0 Å². The van der Waals surface area contributed by atoms with Crippen LogP contribution in [0.5, 0.6) is 0 Å². The normalized spacial score (nSPS) is 20.2. The van der Waals surface area contributed by atoms with Crippen LogP contribution < -0.4 is 21.1 Å². The number of amides is 1. The maximum Gasteiger partial charge on any atom is 0.243 e. The Morgan fingerprint density at radius 3 is 2.87 bits per heavy atom. The summed E-state index contributed by atoms with van der Waals surface area (Å²) in [6.07, 6.45) is 4.61. The number of carbonyl (C=O) groups excluding carboxylic acids is 1. The van der Waals surface area contributed by atoms with Crippen molar-refractivity contribution in [2.75, 3.05) is 31.5 Å². The average Bonchev–Trinajstić information content (AvgIpc) is 3.33. The third-order valence-electron chi connectivity index (χ3n) is 7.74. The number of carbonyl (C=O) groups is 1. The smallest absolute Gasteiger partial charge is 0.243 e. The van der Waals surface area contributed by atoms with Crippen molar-refractivity contribution in [3.63, 3.8) is 0 Å². The number of likely N-dealkylation sites (tertiary alicyclic amines) is 1. The number of nitrogens with two attached hydrogens (primary N) is 1. The number of para-hydroxylation sites is 2. The van der Waals surface area contributed by atoms with Gasteiger partial charge in [-0.2, -0.15) is 4.72 Å². The lowest BCUT2D eigenvalue weighted by molar-refractivity contribution is -0.122. The molecule has 10 nitrogen and oxygen atoms in total. The van der Waals surface area contributed by atoms with Gasteiger partial charge >= 0.3 is 0 Å². The van der Waals surface area contributed by atoms with Gasteiger partial charge in [0.2, 0.25) is 15.9 Å². The summed E-state index contributed by atoms with van der Waals surface area (Å²) in [6.45, 7) is 4.52. The first-order valence-electron chi connectivity index (χ1n) is 13.5. The van der Waals surface area contributed by atoms with Crippen LogP contribution in [0.2, 0.25) is 0 Å². The molecular weight excluding hydrogens is 514 g/mol. The summed E-state index contributed by atoms with van der Waals surface area (Å²) in [4.78, 5) is 18.7. The number of aromatic nitrogens is 1. The number of nitrogens with zero attached hydrogens (tertiary/aromatic N) is 1. The van der Waals surface area contributed by atoms with E-state index < -0.39 is 16.1 Å². The molecule has 0 aliphatic carbocycles. The number of rotatable bonds is 8. The van der Waals surface area contributed by atoms with Crippen molar-refractivity contribution in [1.29, 1.82) is 5.41 Å². The van der Waals surface area contributed by atoms with Crippen LogP contribution in [0.1, 0.15) is 30.9 Å². The van der Waals surface area contributed by atoms with Gasteiger partial charge in [0.15, 0.2) is 5.96 Å². The molecule has 0 saturated carbocycles. The van der Waals surface area contributed by atoms with Crippen LogP contribution in [-0.2, 0) is 27.7 Å². The molecule has 208 valence electrons. The van der Waals surface area contributed by atoms with Crippen LogP contribution in [0, 0.1) is 17.2 Å². The minimum atomic E-state index is -4.02. The Kier molecular flexibility index (Phi) is 7.81. The highest BCUT2D eigenvalue weighted by molar-refractivity contribution is 7.89. The van der Waals surface area contributed by atoms with Crippen molar-refractivity contribution in [1.82, 2.24) is 19.9 Å². The van der Waals surface area contributed by atoms with E-state index in [4.69, 9.17) is 11.1 Å². The number of piperidine rings is 1. The fourth-order valence-electron chi connectivity index (χ4n) is 5.67. The lowest BCUT2D eigenvalue weighted by Crippen LogP contribution is -2.51. The number of hydrogen-bond acceptors (Lipinski definition) is 5. The van der Waals surface area contributed by atoms with E-state index in [1.807, 2.05) is 36.5 Å². The molecule has 7 N–H and O–H groups in total. The number of guanidine groups is 1. The Balaban J connectivity index is 1.38. The largest absolute Gasteiger partial charge is 0.383 e. The van der Waals surface area contributed by atoms with E-state index in [1.165, 1.54) is 0 Å². The van der Waals surface area contributed by atoms with E-state index in [-0.39, 0.29) is 29.1 Å². The van der Waals surface area contributed by atoms with Crippen LogP contribution >= 0.6 is 0 Å². The lowest BCUT2D eigenvalue weighted by Gasteiger charge is -2.33. The van der Waals surface area contributed by atoms with Crippen LogP contribution in [0.15, 0.2) is 53.6 Å². The monoisotopic (exact) mass is 551 g/mol. The van der Waals surface area contributed by atoms with E-state index >= 15 is 0 Å². The zero-order valence-corrected chi connectivity index (χ0v) is 23.0. The van der Waals surface area contributed by atoms with Gasteiger partial charge < -0.3 is 26.3 Å². The number of fused-ring (bicyclic) bond motifs is 2. The summed E-state index contributed by atoms with van der Waals surface area (Å²) in [7, 11) is -4.02. The topological polar surface area (TPSA) is 156 Å². The van der Waals surface area contributed by atoms with E-state index in [2.05, 4.69) is 27.3 Å². The SMILES string of the molecule is CC1CNc2c(cccc2S(=O)(=O)N[C@H](Cc2c[nH]c3ccccc23)C(=O)NCC2CCCN(C(=N)N)C2)C1. The Labute approximate surface area is 229 Å². The molecule has 2 aromatic carbocycles. The van der Waals surface area contributed by atoms with Gasteiger partial charge in [-0.1, -0.05) is 37.3 Å². The van der Waals surface area contributed by atoms with Gasteiger partial charge in [0.1, 0.15) is 10.9 Å². The number of hydrogen-bond donors (Lipinski definition) is 6. The summed E-state index contributed by atoms with van der Waals surface area (Å²) in [5.41, 5.74) is 9.03. The van der Waals surface area contributed by atoms with Gasteiger partial charge in [-0.3, -0.25) is 10.2 Å². The summed E-state index contributed by atoms with van der Waals surface area (Å²) in [5.74, 6) is 0.187. The van der Waals surface area contributed by atoms with E-state index in [0.29, 0.717) is 31.2 Å². The molecular formula is C28H37N7O3S. The highest BCUT2D eigenvalue weighted by Crippen LogP contribution is 2.31. The number of sulfonamides is 1. The van der Waals surface area contributed by atoms with Gasteiger partial charge in [0.25, 0.3) is 0 Å². The molecule has 1 fully saturated rings. The molecule has 1 aromatic heterocycles. The molecule has 0 bridgehead atoms. The van der Waals surface area contributed by atoms with Gasteiger partial charge in [0.05, 0.1) is 5.69 Å². The standard InChI is InChI=1S/C28H37N7O3S/c1-18-12-20-7-4-10-25(26(20)32-14-18)39(37,38)34-24(13-21-16-31-23-9-3-2-8-22(21)23)27(36)33-15-19-6-5-11-35(17-19)28(29)30/h2-4,7-10,16,18-19,24,31-32,34H,5-6,11-15,17H2,1H3,(H3,29,30)(H,33,36)/t18?,19?,24-/m1/s1. The van der Waals surface area contributed by atoms with E-state index in [9.17, 15) is 13.2 Å². The van der Waals surface area contributed by atoms with Crippen molar-refractivity contribution < 1.29 is 13.2 Å². The van der Waals surface area contributed by atoms with Gasteiger partial charge in [-0.25, -0.2) is 8.42 Å². The molecule has 39 heavy (non-hydrogen) atoms. The van der Waals surface area contributed by atoms with Crippen molar-refractivity contribution in [3.8, 4) is 0 Å². The molecule has 2 aliphatic rings.